The second kappa shape index (κ2) is 295. The molecule has 0 unspecified atom stereocenters. The SMILES string of the molecule is O.O.O.O.O.O.O.[H-].[H-].[Sr+2]. The first-order valence-corrected chi connectivity index (χ1v) is 0. The predicted molar refractivity (Wildman–Crippen MR) is 33.3 cm³/mol. The summed E-state index contributed by atoms with van der Waals surface area (Å²) in [4.78, 5) is 0. The van der Waals surface area contributed by atoms with Gasteiger partial charge in [-0.1, -0.05) is 0 Å². The summed E-state index contributed by atoms with van der Waals surface area (Å²) in [5.41, 5.74) is 0. The monoisotopic (exact) mass is 216 g/mol. The van der Waals surface area contributed by atoms with E-state index >= 15 is 0 Å². The van der Waals surface area contributed by atoms with Crippen LogP contribution in [0.25, 0.3) is 0 Å². The van der Waals surface area contributed by atoms with E-state index < -0.39 is 0 Å². The van der Waals surface area contributed by atoms with Crippen molar-refractivity contribution in [1.29, 1.82) is 0 Å². The van der Waals surface area contributed by atoms with Gasteiger partial charge in [0.2, 0.25) is 0 Å². The van der Waals surface area contributed by atoms with Crippen molar-refractivity contribution in [3.8, 4) is 0 Å². The zero-order valence-electron chi connectivity index (χ0n) is 6.21. The smallest absolute Gasteiger partial charge is 1.00 e. The summed E-state index contributed by atoms with van der Waals surface area (Å²) in [6, 6.07) is 0. The van der Waals surface area contributed by atoms with Crippen LogP contribution in [0.5, 0.6) is 0 Å². The second-order valence-corrected chi connectivity index (χ2v) is 0. The van der Waals surface area contributed by atoms with Gasteiger partial charge in [0.1, 0.15) is 0 Å². The van der Waals surface area contributed by atoms with E-state index in [-0.39, 0.29) is 86.7 Å². The molecular formula is H16O7Sr. The molecule has 7 nitrogen and oxygen atoms in total. The molecule has 0 atom stereocenters. The van der Waals surface area contributed by atoms with Crippen LogP contribution in [0.15, 0.2) is 0 Å². The Kier molecular flexibility index (Phi) is 15800. The largest absolute Gasteiger partial charge is 2.00 e. The first-order valence-electron chi connectivity index (χ1n) is 0. The fraction of sp³-hybridized carbons (Fsp3) is 0. The molecule has 0 fully saturated rings. The van der Waals surface area contributed by atoms with Gasteiger partial charge in [0, 0.05) is 0 Å². The summed E-state index contributed by atoms with van der Waals surface area (Å²) in [7, 11) is 0. The van der Waals surface area contributed by atoms with Crippen molar-refractivity contribution < 1.29 is 41.2 Å². The van der Waals surface area contributed by atoms with E-state index in [1.165, 1.54) is 0 Å². The van der Waals surface area contributed by atoms with Crippen molar-refractivity contribution in [2.45, 2.75) is 0 Å². The standard InChI is InChI=1S/7H2O.Sr.2H/h7*1H2;;;/q;;;;;;;+2;2*-1. The van der Waals surface area contributed by atoms with Gasteiger partial charge in [-0.15, -0.1) is 0 Å². The van der Waals surface area contributed by atoms with Crippen LogP contribution in [0.4, 0.5) is 0 Å². The molecule has 0 saturated heterocycles. The minimum Gasteiger partial charge on any atom is -1.00 e. The molecule has 0 aromatic rings. The van der Waals surface area contributed by atoms with Crippen LogP contribution in [0.2, 0.25) is 0 Å². The molecule has 0 aromatic carbocycles. The zero-order valence-corrected chi connectivity index (χ0v) is 7.68. The first-order chi connectivity index (χ1) is 0. The van der Waals surface area contributed by atoms with Crippen LogP contribution in [0, 0.1) is 0 Å². The quantitative estimate of drug-likeness (QED) is 0.344. The average molecular weight is 216 g/mol. The summed E-state index contributed by atoms with van der Waals surface area (Å²) in [5, 5.41) is 0. The molecule has 0 aliphatic rings. The van der Waals surface area contributed by atoms with Gasteiger partial charge in [0.25, 0.3) is 0 Å². The van der Waals surface area contributed by atoms with E-state index in [9.17, 15) is 0 Å². The zero-order chi connectivity index (χ0) is 0. The number of hydrogen-bond donors (Lipinski definition) is 0. The van der Waals surface area contributed by atoms with Crippen molar-refractivity contribution in [3.05, 3.63) is 0 Å². The molecule has 0 radical (unpaired) electrons. The Hall–Kier alpha value is 1.20. The van der Waals surface area contributed by atoms with Crippen molar-refractivity contribution in [2.75, 3.05) is 0 Å². The van der Waals surface area contributed by atoms with E-state index in [2.05, 4.69) is 0 Å². The molecule has 0 bridgehead atoms. The molecule has 8 heavy (non-hydrogen) atoms. The molecule has 0 rings (SSSR count). The second-order valence-electron chi connectivity index (χ2n) is 0. The maximum absolute atomic E-state index is 0. The van der Waals surface area contributed by atoms with Crippen LogP contribution in [-0.2, 0) is 0 Å². The van der Waals surface area contributed by atoms with Crippen LogP contribution >= 0.6 is 0 Å². The summed E-state index contributed by atoms with van der Waals surface area (Å²) in [6.45, 7) is 0. The van der Waals surface area contributed by atoms with Gasteiger partial charge in [-0.05, 0) is 0 Å². The third-order valence-corrected chi connectivity index (χ3v) is 0. The summed E-state index contributed by atoms with van der Waals surface area (Å²) in [6.07, 6.45) is 0. The van der Waals surface area contributed by atoms with Crippen LogP contribution in [0.3, 0.4) is 0 Å². The minimum atomic E-state index is 0. The van der Waals surface area contributed by atoms with Gasteiger partial charge >= 0.3 is 45.5 Å². The fourth-order valence-electron chi connectivity index (χ4n) is 0. The summed E-state index contributed by atoms with van der Waals surface area (Å²) in [5.74, 6) is 0. The predicted octanol–water partition coefficient (Wildman–Crippen LogP) is -5.93. The Morgan fingerprint density at radius 1 is 0.375 bits per heavy atom. The molecule has 0 saturated carbocycles. The molecule has 0 aromatic heterocycles. The molecule has 60 valence electrons. The Balaban J connectivity index is 0. The van der Waals surface area contributed by atoms with Crippen molar-refractivity contribution in [2.24, 2.45) is 0 Å². The molecule has 0 spiro atoms. The third kappa shape index (κ3) is 192. The maximum atomic E-state index is 0. The number of rotatable bonds is 0. The summed E-state index contributed by atoms with van der Waals surface area (Å²) >= 11 is 0. The maximum Gasteiger partial charge on any atom is 2.00 e. The van der Waals surface area contributed by atoms with Gasteiger partial charge in [0.05, 0.1) is 0 Å². The fourth-order valence-corrected chi connectivity index (χ4v) is 0. The van der Waals surface area contributed by atoms with E-state index in [1.807, 2.05) is 0 Å². The topological polar surface area (TPSA) is 220 Å². The first kappa shape index (κ1) is 429. The normalized spacial score (nSPS) is 0. The van der Waals surface area contributed by atoms with E-state index in [1.54, 1.807) is 0 Å². The van der Waals surface area contributed by atoms with Gasteiger partial charge < -0.3 is 41.2 Å². The Bertz CT molecular complexity index is 11.6. The molecule has 0 aliphatic heterocycles. The van der Waals surface area contributed by atoms with Gasteiger partial charge in [0.15, 0.2) is 0 Å². The molecule has 0 heterocycles. The summed E-state index contributed by atoms with van der Waals surface area (Å²) < 4.78 is 0. The van der Waals surface area contributed by atoms with Crippen LogP contribution in [0.1, 0.15) is 2.85 Å². The molecular weight excluding hydrogens is 200 g/mol. The van der Waals surface area contributed by atoms with E-state index in [0.717, 1.165) is 0 Å². The minimum absolute atomic E-state index is 0. The van der Waals surface area contributed by atoms with Crippen LogP contribution < -0.4 is 0 Å². The Morgan fingerprint density at radius 3 is 0.375 bits per heavy atom. The van der Waals surface area contributed by atoms with E-state index in [0.29, 0.717) is 0 Å². The average Bonchev–Trinajstić information content (AvgIpc) is 0. The molecule has 14 N–H and O–H groups in total. The van der Waals surface area contributed by atoms with Gasteiger partial charge in [-0.25, -0.2) is 0 Å². The van der Waals surface area contributed by atoms with Crippen LogP contribution in [-0.4, -0.2) is 83.8 Å². The Morgan fingerprint density at radius 2 is 0.375 bits per heavy atom. The third-order valence-electron chi connectivity index (χ3n) is 0. The molecule has 0 amide bonds. The molecule has 8 heteroatoms. The van der Waals surface area contributed by atoms with Crippen molar-refractivity contribution >= 4 is 45.5 Å². The van der Waals surface area contributed by atoms with E-state index in [4.69, 9.17) is 0 Å². The molecule has 0 aliphatic carbocycles. The van der Waals surface area contributed by atoms with Crippen molar-refractivity contribution in [1.82, 2.24) is 0 Å². The Labute approximate surface area is 86.1 Å². The van der Waals surface area contributed by atoms with Gasteiger partial charge in [-0.3, -0.25) is 0 Å². The van der Waals surface area contributed by atoms with Gasteiger partial charge in [-0.2, -0.15) is 0 Å². The van der Waals surface area contributed by atoms with Crippen molar-refractivity contribution in [3.63, 3.8) is 0 Å². The number of hydrogen-bond acceptors (Lipinski definition) is 0.